The lowest BCUT2D eigenvalue weighted by Gasteiger charge is -2.32. The molecule has 0 spiro atoms. The monoisotopic (exact) mass is 325 g/mol. The summed E-state index contributed by atoms with van der Waals surface area (Å²) in [6, 6.07) is 3.16. The Bertz CT molecular complexity index is 753. The number of piperidine rings is 1. The van der Waals surface area contributed by atoms with Gasteiger partial charge in [0.1, 0.15) is 6.04 Å². The van der Waals surface area contributed by atoms with Crippen molar-refractivity contribution in [2.24, 2.45) is 0 Å². The van der Waals surface area contributed by atoms with Crippen LogP contribution in [0.25, 0.3) is 0 Å². The second kappa shape index (κ2) is 6.07. The average Bonchev–Trinajstić information content (AvgIpc) is 3.34. The van der Waals surface area contributed by atoms with Gasteiger partial charge in [-0.2, -0.15) is 5.10 Å². The second-order valence-electron chi connectivity index (χ2n) is 6.34. The molecule has 4 rings (SSSR count). The quantitative estimate of drug-likeness (QED) is 0.893. The lowest BCUT2D eigenvalue weighted by Crippen LogP contribution is -2.52. The summed E-state index contributed by atoms with van der Waals surface area (Å²) in [6.45, 7) is 0.649. The van der Waals surface area contributed by atoms with Crippen molar-refractivity contribution in [3.8, 4) is 0 Å². The molecule has 2 aromatic heterocycles. The van der Waals surface area contributed by atoms with Crippen molar-refractivity contribution in [3.05, 3.63) is 42.0 Å². The highest BCUT2D eigenvalue weighted by atomic mass is 16.2. The summed E-state index contributed by atoms with van der Waals surface area (Å²) in [7, 11) is 0. The molecular formula is C17H19N5O2. The van der Waals surface area contributed by atoms with Crippen LogP contribution in [0.1, 0.15) is 47.7 Å². The minimum atomic E-state index is -0.506. The normalized spacial score (nSPS) is 20.9. The standard InChI is InChI=1S/C17H19N5O2/c23-16(13-10-19-21-15(13)11-5-6-11)20-14-4-2-8-22(17(14)24)12-3-1-7-18-9-12/h1,3,7,9-11,14H,2,4-6,8H2,(H,19,21)(H,20,23). The zero-order valence-electron chi connectivity index (χ0n) is 13.2. The first-order valence-corrected chi connectivity index (χ1v) is 8.29. The van der Waals surface area contributed by atoms with Gasteiger partial charge in [0.25, 0.3) is 5.91 Å². The smallest absolute Gasteiger partial charge is 0.255 e. The molecule has 1 aliphatic heterocycles. The average molecular weight is 325 g/mol. The Balaban J connectivity index is 1.48. The Morgan fingerprint density at radius 1 is 1.29 bits per heavy atom. The predicted molar refractivity (Wildman–Crippen MR) is 87.6 cm³/mol. The van der Waals surface area contributed by atoms with Crippen molar-refractivity contribution < 1.29 is 9.59 Å². The van der Waals surface area contributed by atoms with E-state index in [1.165, 1.54) is 0 Å². The van der Waals surface area contributed by atoms with E-state index in [2.05, 4.69) is 20.5 Å². The maximum atomic E-state index is 12.7. The number of amides is 2. The summed E-state index contributed by atoms with van der Waals surface area (Å²) in [6.07, 6.45) is 8.55. The van der Waals surface area contributed by atoms with E-state index in [9.17, 15) is 9.59 Å². The van der Waals surface area contributed by atoms with Crippen molar-refractivity contribution in [2.75, 3.05) is 11.4 Å². The molecular weight excluding hydrogens is 306 g/mol. The van der Waals surface area contributed by atoms with E-state index in [1.807, 2.05) is 6.07 Å². The van der Waals surface area contributed by atoms with Crippen LogP contribution >= 0.6 is 0 Å². The van der Waals surface area contributed by atoms with Gasteiger partial charge < -0.3 is 10.2 Å². The van der Waals surface area contributed by atoms with E-state index in [1.54, 1.807) is 29.6 Å². The molecule has 2 fully saturated rings. The van der Waals surface area contributed by atoms with E-state index < -0.39 is 6.04 Å². The maximum absolute atomic E-state index is 12.7. The number of anilines is 1. The molecule has 124 valence electrons. The summed E-state index contributed by atoms with van der Waals surface area (Å²) in [4.78, 5) is 31.0. The van der Waals surface area contributed by atoms with Crippen LogP contribution in [0.2, 0.25) is 0 Å². The Morgan fingerprint density at radius 3 is 2.92 bits per heavy atom. The van der Waals surface area contributed by atoms with Gasteiger partial charge in [0.15, 0.2) is 0 Å². The van der Waals surface area contributed by atoms with Gasteiger partial charge in [-0.05, 0) is 37.8 Å². The number of H-pyrrole nitrogens is 1. The molecule has 2 amide bonds. The van der Waals surface area contributed by atoms with E-state index in [-0.39, 0.29) is 11.8 Å². The SMILES string of the molecule is O=C(NC1CCCN(c2cccnc2)C1=O)c1cn[nH]c1C1CC1. The number of nitrogens with zero attached hydrogens (tertiary/aromatic N) is 3. The molecule has 3 heterocycles. The fourth-order valence-electron chi connectivity index (χ4n) is 3.18. The topological polar surface area (TPSA) is 91.0 Å². The number of aromatic nitrogens is 3. The third kappa shape index (κ3) is 2.77. The number of carbonyl (C=O) groups excluding carboxylic acids is 2. The third-order valence-electron chi connectivity index (χ3n) is 4.60. The minimum Gasteiger partial charge on any atom is -0.340 e. The fourth-order valence-corrected chi connectivity index (χ4v) is 3.18. The van der Waals surface area contributed by atoms with Gasteiger partial charge in [-0.1, -0.05) is 0 Å². The number of aromatic amines is 1. The molecule has 0 aromatic carbocycles. The van der Waals surface area contributed by atoms with Gasteiger partial charge in [-0.25, -0.2) is 0 Å². The highest BCUT2D eigenvalue weighted by Gasteiger charge is 2.34. The summed E-state index contributed by atoms with van der Waals surface area (Å²) in [5.41, 5.74) is 2.21. The molecule has 1 unspecified atom stereocenters. The van der Waals surface area contributed by atoms with Gasteiger partial charge >= 0.3 is 0 Å². The van der Waals surface area contributed by atoms with Crippen molar-refractivity contribution in [1.29, 1.82) is 0 Å². The minimum absolute atomic E-state index is 0.0842. The molecule has 1 aliphatic carbocycles. The number of rotatable bonds is 4. The molecule has 2 N–H and O–H groups in total. The molecule has 24 heavy (non-hydrogen) atoms. The van der Waals surface area contributed by atoms with Crippen LogP contribution in [-0.2, 0) is 4.79 Å². The summed E-state index contributed by atoms with van der Waals surface area (Å²) in [5, 5.41) is 9.79. The highest BCUT2D eigenvalue weighted by Crippen LogP contribution is 2.40. The van der Waals surface area contributed by atoms with Gasteiger partial charge in [-0.3, -0.25) is 19.7 Å². The number of nitrogens with one attached hydrogen (secondary N) is 2. The van der Waals surface area contributed by atoms with Gasteiger partial charge in [-0.15, -0.1) is 0 Å². The van der Waals surface area contributed by atoms with Crippen molar-refractivity contribution in [3.63, 3.8) is 0 Å². The summed E-state index contributed by atoms with van der Waals surface area (Å²) < 4.78 is 0. The van der Waals surface area contributed by atoms with Crippen LogP contribution < -0.4 is 10.2 Å². The van der Waals surface area contributed by atoms with Crippen LogP contribution in [0.3, 0.4) is 0 Å². The van der Waals surface area contributed by atoms with Crippen LogP contribution in [0.5, 0.6) is 0 Å². The largest absolute Gasteiger partial charge is 0.340 e. The lowest BCUT2D eigenvalue weighted by atomic mass is 10.0. The zero-order chi connectivity index (χ0) is 16.5. The van der Waals surface area contributed by atoms with Gasteiger partial charge in [0.05, 0.1) is 29.3 Å². The molecule has 0 bridgehead atoms. The third-order valence-corrected chi connectivity index (χ3v) is 4.60. The van der Waals surface area contributed by atoms with E-state index in [0.717, 1.165) is 30.6 Å². The first-order valence-electron chi connectivity index (χ1n) is 8.29. The summed E-state index contributed by atoms with van der Waals surface area (Å²) in [5.74, 6) is 0.0957. The Morgan fingerprint density at radius 2 is 2.17 bits per heavy atom. The molecule has 2 aromatic rings. The number of hydrogen-bond donors (Lipinski definition) is 2. The van der Waals surface area contributed by atoms with Crippen LogP contribution in [0.15, 0.2) is 30.7 Å². The fraction of sp³-hybridized carbons (Fsp3) is 0.412. The Labute approximate surface area is 139 Å². The number of carbonyl (C=O) groups is 2. The van der Waals surface area contributed by atoms with E-state index >= 15 is 0 Å². The molecule has 7 heteroatoms. The van der Waals surface area contributed by atoms with E-state index in [4.69, 9.17) is 0 Å². The van der Waals surface area contributed by atoms with Crippen LogP contribution in [0, 0.1) is 0 Å². The molecule has 1 saturated carbocycles. The first kappa shape index (κ1) is 14.9. The van der Waals surface area contributed by atoms with Crippen LogP contribution in [0.4, 0.5) is 5.69 Å². The summed E-state index contributed by atoms with van der Waals surface area (Å²) >= 11 is 0. The molecule has 1 saturated heterocycles. The van der Waals surface area contributed by atoms with Gasteiger partial charge in [0, 0.05) is 18.7 Å². The Kier molecular flexibility index (Phi) is 3.76. The van der Waals surface area contributed by atoms with E-state index in [0.29, 0.717) is 24.4 Å². The molecule has 1 atom stereocenters. The number of hydrogen-bond acceptors (Lipinski definition) is 4. The highest BCUT2D eigenvalue weighted by molar-refractivity contribution is 6.03. The Hall–Kier alpha value is -2.70. The van der Waals surface area contributed by atoms with Crippen LogP contribution in [-0.4, -0.2) is 39.6 Å². The predicted octanol–water partition coefficient (Wildman–Crippen LogP) is 1.61. The first-order chi connectivity index (χ1) is 11.7. The lowest BCUT2D eigenvalue weighted by molar-refractivity contribution is -0.121. The zero-order valence-corrected chi connectivity index (χ0v) is 13.2. The van der Waals surface area contributed by atoms with Gasteiger partial charge in [0.2, 0.25) is 5.91 Å². The molecule has 7 nitrogen and oxygen atoms in total. The van der Waals surface area contributed by atoms with Crippen molar-refractivity contribution >= 4 is 17.5 Å². The maximum Gasteiger partial charge on any atom is 0.255 e. The second-order valence-corrected chi connectivity index (χ2v) is 6.34. The van der Waals surface area contributed by atoms with Crippen molar-refractivity contribution in [2.45, 2.75) is 37.6 Å². The molecule has 0 radical (unpaired) electrons. The number of pyridine rings is 1. The molecule has 2 aliphatic rings. The van der Waals surface area contributed by atoms with Crippen molar-refractivity contribution in [1.82, 2.24) is 20.5 Å².